The third-order valence-electron chi connectivity index (χ3n) is 4.58. The van der Waals surface area contributed by atoms with Gasteiger partial charge in [0.05, 0.1) is 0 Å². The van der Waals surface area contributed by atoms with Gasteiger partial charge in [0.15, 0.2) is 0 Å². The lowest BCUT2D eigenvalue weighted by Gasteiger charge is -2.43. The number of nitrogens with zero attached hydrogens (tertiary/aromatic N) is 1. The van der Waals surface area contributed by atoms with E-state index in [9.17, 15) is 0 Å². The first-order valence-electron chi connectivity index (χ1n) is 8.74. The molecule has 1 rings (SSSR count). The van der Waals surface area contributed by atoms with E-state index in [1.807, 2.05) is 0 Å². The Labute approximate surface area is 121 Å². The van der Waals surface area contributed by atoms with Gasteiger partial charge < -0.3 is 5.32 Å². The molecular weight excluding hydrogens is 232 g/mol. The van der Waals surface area contributed by atoms with Crippen LogP contribution in [0.3, 0.4) is 0 Å². The monoisotopic (exact) mass is 268 g/mol. The van der Waals surface area contributed by atoms with Crippen molar-refractivity contribution in [1.82, 2.24) is 10.2 Å². The molecule has 0 aromatic rings. The Kier molecular flexibility index (Phi) is 8.72. The van der Waals surface area contributed by atoms with Crippen LogP contribution in [0, 0.1) is 5.92 Å². The molecule has 0 aromatic heterocycles. The van der Waals surface area contributed by atoms with Crippen LogP contribution in [0.15, 0.2) is 0 Å². The smallest absolute Gasteiger partial charge is 0.0251 e. The molecule has 0 amide bonds. The molecule has 1 fully saturated rings. The highest BCUT2D eigenvalue weighted by molar-refractivity contribution is 4.91. The van der Waals surface area contributed by atoms with Crippen LogP contribution >= 0.6 is 0 Å². The third kappa shape index (κ3) is 5.43. The summed E-state index contributed by atoms with van der Waals surface area (Å²) in [6.45, 7) is 12.9. The van der Waals surface area contributed by atoms with Crippen LogP contribution in [0.1, 0.15) is 72.6 Å². The second kappa shape index (κ2) is 9.77. The van der Waals surface area contributed by atoms with Crippen molar-refractivity contribution in [2.75, 3.05) is 19.6 Å². The predicted molar refractivity (Wildman–Crippen MR) is 85.7 cm³/mol. The van der Waals surface area contributed by atoms with Gasteiger partial charge in [-0.15, -0.1) is 0 Å². The summed E-state index contributed by atoms with van der Waals surface area (Å²) in [4.78, 5) is 2.77. The maximum atomic E-state index is 3.75. The van der Waals surface area contributed by atoms with Crippen LogP contribution in [0.2, 0.25) is 0 Å². The Morgan fingerprint density at radius 2 is 1.63 bits per heavy atom. The Hall–Kier alpha value is -0.0800. The summed E-state index contributed by atoms with van der Waals surface area (Å²) in [5.74, 6) is 0.973. The van der Waals surface area contributed by atoms with Gasteiger partial charge in [-0.3, -0.25) is 4.90 Å². The van der Waals surface area contributed by atoms with Crippen molar-refractivity contribution >= 4 is 0 Å². The molecule has 2 nitrogen and oxygen atoms in total. The highest BCUT2D eigenvalue weighted by Crippen LogP contribution is 2.31. The Morgan fingerprint density at radius 3 is 2.16 bits per heavy atom. The molecule has 0 saturated heterocycles. The van der Waals surface area contributed by atoms with Gasteiger partial charge in [0, 0.05) is 12.1 Å². The number of likely N-dealkylation sites (N-methyl/N-ethyl adjacent to an activating group) is 1. The molecule has 0 bridgehead atoms. The maximum Gasteiger partial charge on any atom is 0.0251 e. The summed E-state index contributed by atoms with van der Waals surface area (Å²) >= 11 is 0. The zero-order valence-corrected chi connectivity index (χ0v) is 13.8. The quantitative estimate of drug-likeness (QED) is 0.678. The summed E-state index contributed by atoms with van der Waals surface area (Å²) in [5.41, 5.74) is 0. The lowest BCUT2D eigenvalue weighted by atomic mass is 9.79. The highest BCUT2D eigenvalue weighted by atomic mass is 15.2. The molecule has 0 aliphatic heterocycles. The summed E-state index contributed by atoms with van der Waals surface area (Å²) in [5, 5.41) is 3.75. The minimum atomic E-state index is 0.733. The Morgan fingerprint density at radius 1 is 0.947 bits per heavy atom. The molecule has 1 aliphatic carbocycles. The summed E-state index contributed by atoms with van der Waals surface area (Å²) in [6, 6.07) is 1.52. The lowest BCUT2D eigenvalue weighted by molar-refractivity contribution is 0.0940. The van der Waals surface area contributed by atoms with Gasteiger partial charge in [-0.05, 0) is 57.7 Å². The highest BCUT2D eigenvalue weighted by Gasteiger charge is 2.32. The topological polar surface area (TPSA) is 15.3 Å². The first-order chi connectivity index (χ1) is 9.26. The van der Waals surface area contributed by atoms with Crippen molar-refractivity contribution in [1.29, 1.82) is 0 Å². The molecule has 1 saturated carbocycles. The zero-order chi connectivity index (χ0) is 14.1. The van der Waals surface area contributed by atoms with Crippen LogP contribution in [-0.2, 0) is 0 Å². The van der Waals surface area contributed by atoms with E-state index in [1.54, 1.807) is 0 Å². The molecule has 2 heteroatoms. The van der Waals surface area contributed by atoms with Gasteiger partial charge in [-0.25, -0.2) is 0 Å². The van der Waals surface area contributed by atoms with Gasteiger partial charge >= 0.3 is 0 Å². The Bertz CT molecular complexity index is 211. The second-order valence-electron chi connectivity index (χ2n) is 6.24. The lowest BCUT2D eigenvalue weighted by Crippen LogP contribution is -2.53. The minimum absolute atomic E-state index is 0.733. The first-order valence-corrected chi connectivity index (χ1v) is 8.74. The van der Waals surface area contributed by atoms with E-state index >= 15 is 0 Å². The van der Waals surface area contributed by atoms with Crippen LogP contribution < -0.4 is 5.32 Å². The number of rotatable bonds is 9. The molecule has 1 N–H and O–H groups in total. The van der Waals surface area contributed by atoms with Crippen molar-refractivity contribution < 1.29 is 0 Å². The SMILES string of the molecule is CCCC1CCC(NCC)C(N(CCC)CCC)C1. The van der Waals surface area contributed by atoms with Crippen molar-refractivity contribution in [3.05, 3.63) is 0 Å². The molecule has 3 unspecified atom stereocenters. The first kappa shape index (κ1) is 17.0. The molecule has 0 spiro atoms. The van der Waals surface area contributed by atoms with E-state index in [0.29, 0.717) is 0 Å². The van der Waals surface area contributed by atoms with Crippen molar-refractivity contribution in [2.45, 2.75) is 84.7 Å². The predicted octanol–water partition coefficient (Wildman–Crippen LogP) is 4.06. The zero-order valence-electron chi connectivity index (χ0n) is 13.8. The average molecular weight is 268 g/mol. The normalized spacial score (nSPS) is 27.9. The van der Waals surface area contributed by atoms with E-state index in [4.69, 9.17) is 0 Å². The molecule has 114 valence electrons. The number of nitrogens with one attached hydrogen (secondary N) is 1. The van der Waals surface area contributed by atoms with Gasteiger partial charge in [-0.1, -0.05) is 40.5 Å². The minimum Gasteiger partial charge on any atom is -0.313 e. The van der Waals surface area contributed by atoms with E-state index in [0.717, 1.165) is 24.5 Å². The van der Waals surface area contributed by atoms with E-state index in [-0.39, 0.29) is 0 Å². The largest absolute Gasteiger partial charge is 0.313 e. The standard InChI is InChI=1S/C17H36N2/c1-5-9-15-10-11-16(18-8-4)17(14-15)19(12-6-2)13-7-3/h15-18H,5-14H2,1-4H3. The van der Waals surface area contributed by atoms with E-state index in [1.165, 1.54) is 58.0 Å². The molecule has 0 heterocycles. The van der Waals surface area contributed by atoms with E-state index in [2.05, 4.69) is 37.9 Å². The maximum absolute atomic E-state index is 3.75. The number of hydrogen-bond donors (Lipinski definition) is 1. The summed E-state index contributed by atoms with van der Waals surface area (Å²) in [7, 11) is 0. The fourth-order valence-electron chi connectivity index (χ4n) is 3.82. The fraction of sp³-hybridized carbons (Fsp3) is 1.00. The van der Waals surface area contributed by atoms with Crippen molar-refractivity contribution in [3.8, 4) is 0 Å². The summed E-state index contributed by atoms with van der Waals surface area (Å²) < 4.78 is 0. The van der Waals surface area contributed by atoms with E-state index < -0.39 is 0 Å². The molecule has 19 heavy (non-hydrogen) atoms. The average Bonchev–Trinajstić information content (AvgIpc) is 2.41. The van der Waals surface area contributed by atoms with Gasteiger partial charge in [-0.2, -0.15) is 0 Å². The Balaban J connectivity index is 2.66. The number of hydrogen-bond acceptors (Lipinski definition) is 2. The van der Waals surface area contributed by atoms with Crippen LogP contribution in [-0.4, -0.2) is 36.6 Å². The molecular formula is C17H36N2. The van der Waals surface area contributed by atoms with Crippen LogP contribution in [0.25, 0.3) is 0 Å². The van der Waals surface area contributed by atoms with Crippen molar-refractivity contribution in [3.63, 3.8) is 0 Å². The molecule has 0 radical (unpaired) electrons. The fourth-order valence-corrected chi connectivity index (χ4v) is 3.82. The van der Waals surface area contributed by atoms with Gasteiger partial charge in [0.1, 0.15) is 0 Å². The molecule has 3 atom stereocenters. The van der Waals surface area contributed by atoms with Crippen LogP contribution in [0.4, 0.5) is 0 Å². The van der Waals surface area contributed by atoms with Crippen LogP contribution in [0.5, 0.6) is 0 Å². The van der Waals surface area contributed by atoms with Gasteiger partial charge in [0.2, 0.25) is 0 Å². The van der Waals surface area contributed by atoms with Crippen molar-refractivity contribution in [2.24, 2.45) is 5.92 Å². The second-order valence-corrected chi connectivity index (χ2v) is 6.24. The summed E-state index contributed by atoms with van der Waals surface area (Å²) in [6.07, 6.45) is 9.60. The molecule has 1 aliphatic rings. The van der Waals surface area contributed by atoms with Gasteiger partial charge in [0.25, 0.3) is 0 Å². The molecule has 0 aromatic carbocycles. The third-order valence-corrected chi connectivity index (χ3v) is 4.58.